The van der Waals surface area contributed by atoms with Crippen LogP contribution < -0.4 is 15.0 Å². The summed E-state index contributed by atoms with van der Waals surface area (Å²) in [6.07, 6.45) is 1.01. The molecule has 5 nitrogen and oxygen atoms in total. The van der Waals surface area contributed by atoms with Crippen LogP contribution in [0.5, 0.6) is 5.75 Å². The Morgan fingerprint density at radius 1 is 1.10 bits per heavy atom. The molecule has 1 fully saturated rings. The number of piperazine rings is 1. The highest BCUT2D eigenvalue weighted by molar-refractivity contribution is 14.0. The molecule has 0 amide bonds. The highest BCUT2D eigenvalue weighted by atomic mass is 127. The van der Waals surface area contributed by atoms with Crippen molar-refractivity contribution in [2.24, 2.45) is 4.99 Å². The van der Waals surface area contributed by atoms with E-state index in [2.05, 4.69) is 32.2 Å². The number of aliphatic imine (C=N–C) groups is 1. The van der Waals surface area contributed by atoms with Gasteiger partial charge in [-0.3, -0.25) is 4.99 Å². The summed E-state index contributed by atoms with van der Waals surface area (Å²) in [5, 5.41) is 3.56. The molecule has 1 atom stereocenters. The van der Waals surface area contributed by atoms with Gasteiger partial charge in [-0.2, -0.15) is 0 Å². The second-order valence-electron chi connectivity index (χ2n) is 7.25. The van der Waals surface area contributed by atoms with Crippen molar-refractivity contribution < 1.29 is 9.13 Å². The Morgan fingerprint density at radius 2 is 1.83 bits per heavy atom. The molecule has 2 aliphatic heterocycles. The molecule has 7 heteroatoms. The summed E-state index contributed by atoms with van der Waals surface area (Å²) in [7, 11) is 1.84. The Bertz CT molecular complexity index is 822. The molecule has 2 aliphatic rings. The molecular formula is C22H28FIN4O. The third kappa shape index (κ3) is 5.12. The van der Waals surface area contributed by atoms with Gasteiger partial charge in [0.05, 0.1) is 6.61 Å². The van der Waals surface area contributed by atoms with Crippen molar-refractivity contribution in [3.05, 3.63) is 59.9 Å². The van der Waals surface area contributed by atoms with Gasteiger partial charge in [-0.1, -0.05) is 18.2 Å². The number of guanidine groups is 1. The van der Waals surface area contributed by atoms with Crippen LogP contribution in [0.1, 0.15) is 17.9 Å². The van der Waals surface area contributed by atoms with E-state index in [1.54, 1.807) is 0 Å². The summed E-state index contributed by atoms with van der Waals surface area (Å²) >= 11 is 0. The first-order chi connectivity index (χ1) is 13.7. The van der Waals surface area contributed by atoms with Crippen LogP contribution in [0.15, 0.2) is 53.5 Å². The monoisotopic (exact) mass is 510 g/mol. The first kappa shape index (κ1) is 21.7. The lowest BCUT2D eigenvalue weighted by molar-refractivity contribution is 0.266. The third-order valence-electron chi connectivity index (χ3n) is 5.57. The number of rotatable bonds is 3. The van der Waals surface area contributed by atoms with Crippen LogP contribution in [0.4, 0.5) is 10.1 Å². The van der Waals surface area contributed by atoms with Gasteiger partial charge < -0.3 is 19.9 Å². The number of halogens is 2. The highest BCUT2D eigenvalue weighted by Gasteiger charge is 2.23. The van der Waals surface area contributed by atoms with E-state index in [0.717, 1.165) is 63.1 Å². The van der Waals surface area contributed by atoms with E-state index < -0.39 is 0 Å². The standard InChI is InChI=1S/C22H27FN4O.HI/c1-24-22(25-16-17-10-15-28-21-5-3-2-4-20(17)21)27-13-11-26(12-14-27)19-8-6-18(23)7-9-19;/h2-9,17H,10-16H2,1H3,(H,24,25);1H. The number of hydrogen-bond acceptors (Lipinski definition) is 3. The van der Waals surface area contributed by atoms with Gasteiger partial charge in [0.2, 0.25) is 0 Å². The van der Waals surface area contributed by atoms with Gasteiger partial charge in [0, 0.05) is 51.4 Å². The fraction of sp³-hybridized carbons (Fsp3) is 0.409. The Hall–Kier alpha value is -2.03. The Kier molecular flexibility index (Phi) is 7.57. The summed E-state index contributed by atoms with van der Waals surface area (Å²) in [6, 6.07) is 15.0. The average molecular weight is 510 g/mol. The molecule has 2 aromatic rings. The predicted molar refractivity (Wildman–Crippen MR) is 126 cm³/mol. The van der Waals surface area contributed by atoms with Crippen LogP contribution in [-0.4, -0.2) is 57.2 Å². The molecule has 0 radical (unpaired) electrons. The third-order valence-corrected chi connectivity index (χ3v) is 5.57. The molecule has 0 saturated carbocycles. The predicted octanol–water partition coefficient (Wildman–Crippen LogP) is 3.71. The lowest BCUT2D eigenvalue weighted by Crippen LogP contribution is -2.53. The highest BCUT2D eigenvalue weighted by Crippen LogP contribution is 2.32. The minimum Gasteiger partial charge on any atom is -0.493 e. The van der Waals surface area contributed by atoms with Crippen molar-refractivity contribution >= 4 is 35.6 Å². The summed E-state index contributed by atoms with van der Waals surface area (Å²) < 4.78 is 18.9. The molecule has 2 aromatic carbocycles. The fourth-order valence-corrected chi connectivity index (χ4v) is 4.00. The lowest BCUT2D eigenvalue weighted by Gasteiger charge is -2.38. The van der Waals surface area contributed by atoms with Crippen molar-refractivity contribution in [1.82, 2.24) is 10.2 Å². The van der Waals surface area contributed by atoms with Crippen molar-refractivity contribution in [3.8, 4) is 5.75 Å². The van der Waals surface area contributed by atoms with Crippen molar-refractivity contribution in [2.75, 3.05) is 51.3 Å². The van der Waals surface area contributed by atoms with Gasteiger partial charge in [0.15, 0.2) is 5.96 Å². The number of nitrogens with one attached hydrogen (secondary N) is 1. The number of ether oxygens (including phenoxy) is 1. The zero-order valence-electron chi connectivity index (χ0n) is 16.7. The van der Waals surface area contributed by atoms with Crippen LogP contribution in [0.25, 0.3) is 0 Å². The molecule has 4 rings (SSSR count). The zero-order chi connectivity index (χ0) is 19.3. The van der Waals surface area contributed by atoms with Crippen LogP contribution in [0, 0.1) is 5.82 Å². The molecule has 0 aromatic heterocycles. The molecule has 1 N–H and O–H groups in total. The van der Waals surface area contributed by atoms with Gasteiger partial charge in [0.25, 0.3) is 0 Å². The summed E-state index contributed by atoms with van der Waals surface area (Å²) in [5.74, 6) is 2.19. The number of para-hydroxylation sites is 1. The second kappa shape index (κ2) is 10.1. The van der Waals surface area contributed by atoms with Crippen molar-refractivity contribution in [2.45, 2.75) is 12.3 Å². The quantitative estimate of drug-likeness (QED) is 0.389. The summed E-state index contributed by atoms with van der Waals surface area (Å²) in [6.45, 7) is 5.19. The molecule has 0 spiro atoms. The Labute approximate surface area is 189 Å². The normalized spacial score (nSPS) is 19.1. The zero-order valence-corrected chi connectivity index (χ0v) is 19.0. The number of nitrogens with zero attached hydrogens (tertiary/aromatic N) is 3. The Morgan fingerprint density at radius 3 is 2.55 bits per heavy atom. The molecule has 1 saturated heterocycles. The molecule has 156 valence electrons. The van der Waals surface area contributed by atoms with E-state index in [4.69, 9.17) is 4.74 Å². The number of fused-ring (bicyclic) bond motifs is 1. The molecule has 29 heavy (non-hydrogen) atoms. The lowest BCUT2D eigenvalue weighted by atomic mass is 9.93. The van der Waals surface area contributed by atoms with E-state index in [1.807, 2.05) is 31.3 Å². The van der Waals surface area contributed by atoms with Gasteiger partial charge in [0.1, 0.15) is 11.6 Å². The Balaban J connectivity index is 0.00000240. The van der Waals surface area contributed by atoms with Crippen LogP contribution in [0.2, 0.25) is 0 Å². The molecular weight excluding hydrogens is 482 g/mol. The maximum atomic E-state index is 13.1. The van der Waals surface area contributed by atoms with E-state index >= 15 is 0 Å². The maximum Gasteiger partial charge on any atom is 0.193 e. The second-order valence-corrected chi connectivity index (χ2v) is 7.25. The van der Waals surface area contributed by atoms with E-state index in [-0.39, 0.29) is 29.8 Å². The molecule has 0 bridgehead atoms. The van der Waals surface area contributed by atoms with Crippen LogP contribution >= 0.6 is 24.0 Å². The first-order valence-electron chi connectivity index (χ1n) is 9.92. The maximum absolute atomic E-state index is 13.1. The molecule has 0 aliphatic carbocycles. The summed E-state index contributed by atoms with van der Waals surface area (Å²) in [4.78, 5) is 9.08. The average Bonchev–Trinajstić information content (AvgIpc) is 2.75. The number of anilines is 1. The number of benzene rings is 2. The first-order valence-corrected chi connectivity index (χ1v) is 9.92. The van der Waals surface area contributed by atoms with E-state index in [0.29, 0.717) is 5.92 Å². The summed E-state index contributed by atoms with van der Waals surface area (Å²) in [5.41, 5.74) is 2.35. The fourth-order valence-electron chi connectivity index (χ4n) is 4.00. The molecule has 2 heterocycles. The number of hydrogen-bond donors (Lipinski definition) is 1. The van der Waals surface area contributed by atoms with E-state index in [9.17, 15) is 4.39 Å². The minimum atomic E-state index is -0.193. The van der Waals surface area contributed by atoms with Crippen molar-refractivity contribution in [3.63, 3.8) is 0 Å². The van der Waals surface area contributed by atoms with Gasteiger partial charge in [-0.15, -0.1) is 24.0 Å². The molecule has 1 unspecified atom stereocenters. The smallest absolute Gasteiger partial charge is 0.193 e. The topological polar surface area (TPSA) is 40.1 Å². The largest absolute Gasteiger partial charge is 0.493 e. The van der Waals surface area contributed by atoms with E-state index in [1.165, 1.54) is 17.7 Å². The van der Waals surface area contributed by atoms with Gasteiger partial charge in [-0.25, -0.2) is 4.39 Å². The van der Waals surface area contributed by atoms with Crippen LogP contribution in [0.3, 0.4) is 0 Å². The van der Waals surface area contributed by atoms with Crippen LogP contribution in [-0.2, 0) is 0 Å². The van der Waals surface area contributed by atoms with Gasteiger partial charge in [-0.05, 0) is 42.3 Å². The SMILES string of the molecule is CN=C(NCC1CCOc2ccccc21)N1CCN(c2ccc(F)cc2)CC1.I. The van der Waals surface area contributed by atoms with Crippen molar-refractivity contribution in [1.29, 1.82) is 0 Å². The minimum absolute atomic E-state index is 0. The van der Waals surface area contributed by atoms with Gasteiger partial charge >= 0.3 is 0 Å².